The standard InChI is InChI=1S/C13H18N2O3S/c14-19(17,18)12-8-4-3-7-11(12)13(16)15-9-5-1-2-6-10-15/h3-4,7-8H,1-2,5-6,9-10H2,(H2,14,17,18). The summed E-state index contributed by atoms with van der Waals surface area (Å²) in [6.45, 7) is 1.36. The maximum Gasteiger partial charge on any atom is 0.255 e. The molecular formula is C13H18N2O3S. The maximum atomic E-state index is 12.4. The molecule has 0 unspecified atom stereocenters. The Kier molecular flexibility index (Phi) is 4.21. The first-order valence-corrected chi connectivity index (χ1v) is 7.96. The summed E-state index contributed by atoms with van der Waals surface area (Å²) in [5, 5.41) is 5.16. The predicted molar refractivity (Wildman–Crippen MR) is 72.2 cm³/mol. The van der Waals surface area contributed by atoms with Crippen LogP contribution in [-0.2, 0) is 10.0 Å². The van der Waals surface area contributed by atoms with Gasteiger partial charge in [0.25, 0.3) is 5.91 Å². The highest BCUT2D eigenvalue weighted by molar-refractivity contribution is 7.89. The molecule has 1 aromatic carbocycles. The summed E-state index contributed by atoms with van der Waals surface area (Å²) in [6.07, 6.45) is 4.15. The second kappa shape index (κ2) is 5.71. The highest BCUT2D eigenvalue weighted by Crippen LogP contribution is 2.18. The zero-order chi connectivity index (χ0) is 13.9. The molecule has 1 fully saturated rings. The van der Waals surface area contributed by atoms with E-state index in [1.807, 2.05) is 0 Å². The van der Waals surface area contributed by atoms with Gasteiger partial charge in [-0.15, -0.1) is 0 Å². The normalized spacial score (nSPS) is 17.0. The summed E-state index contributed by atoms with van der Waals surface area (Å²) in [6, 6.07) is 6.12. The van der Waals surface area contributed by atoms with Gasteiger partial charge in [-0.25, -0.2) is 13.6 Å². The minimum atomic E-state index is -3.87. The molecule has 1 aliphatic rings. The van der Waals surface area contributed by atoms with E-state index in [2.05, 4.69) is 0 Å². The zero-order valence-corrected chi connectivity index (χ0v) is 11.5. The molecule has 5 nitrogen and oxygen atoms in total. The van der Waals surface area contributed by atoms with Crippen LogP contribution in [-0.4, -0.2) is 32.3 Å². The first-order chi connectivity index (χ1) is 9.00. The number of amides is 1. The topological polar surface area (TPSA) is 80.5 Å². The molecule has 0 aromatic heterocycles. The van der Waals surface area contributed by atoms with Gasteiger partial charge in [-0.05, 0) is 25.0 Å². The fraction of sp³-hybridized carbons (Fsp3) is 0.462. The minimum absolute atomic E-state index is 0.0933. The van der Waals surface area contributed by atoms with Crippen LogP contribution in [0, 0.1) is 0 Å². The number of likely N-dealkylation sites (tertiary alicyclic amines) is 1. The number of nitrogens with two attached hydrogens (primary N) is 1. The third-order valence-corrected chi connectivity index (χ3v) is 4.29. The van der Waals surface area contributed by atoms with Crippen LogP contribution in [0.3, 0.4) is 0 Å². The van der Waals surface area contributed by atoms with Crippen molar-refractivity contribution in [1.29, 1.82) is 0 Å². The number of carbonyl (C=O) groups is 1. The highest BCUT2D eigenvalue weighted by atomic mass is 32.2. The molecule has 1 aromatic rings. The van der Waals surface area contributed by atoms with Crippen molar-refractivity contribution in [3.8, 4) is 0 Å². The molecule has 0 bridgehead atoms. The van der Waals surface area contributed by atoms with Crippen LogP contribution in [0.15, 0.2) is 29.2 Å². The lowest BCUT2D eigenvalue weighted by Gasteiger charge is -2.21. The van der Waals surface area contributed by atoms with Crippen molar-refractivity contribution in [2.75, 3.05) is 13.1 Å². The van der Waals surface area contributed by atoms with Gasteiger partial charge in [-0.1, -0.05) is 25.0 Å². The molecule has 1 aliphatic heterocycles. The van der Waals surface area contributed by atoms with Gasteiger partial charge in [-0.3, -0.25) is 4.79 Å². The average Bonchev–Trinajstić information content (AvgIpc) is 2.66. The number of carbonyl (C=O) groups excluding carboxylic acids is 1. The third-order valence-electron chi connectivity index (χ3n) is 3.32. The van der Waals surface area contributed by atoms with Crippen LogP contribution in [0.25, 0.3) is 0 Å². The second-order valence-electron chi connectivity index (χ2n) is 4.75. The maximum absolute atomic E-state index is 12.4. The van der Waals surface area contributed by atoms with E-state index in [4.69, 9.17) is 5.14 Å². The van der Waals surface area contributed by atoms with Gasteiger partial charge >= 0.3 is 0 Å². The Hall–Kier alpha value is -1.40. The van der Waals surface area contributed by atoms with Crippen molar-refractivity contribution in [3.63, 3.8) is 0 Å². The van der Waals surface area contributed by atoms with Gasteiger partial charge in [0.1, 0.15) is 0 Å². The molecule has 6 heteroatoms. The molecule has 104 valence electrons. The molecule has 2 N–H and O–H groups in total. The molecule has 0 radical (unpaired) electrons. The van der Waals surface area contributed by atoms with Gasteiger partial charge in [-0.2, -0.15) is 0 Å². The Labute approximate surface area is 113 Å². The molecule has 19 heavy (non-hydrogen) atoms. The van der Waals surface area contributed by atoms with Crippen molar-refractivity contribution in [1.82, 2.24) is 4.90 Å². The molecule has 1 heterocycles. The summed E-state index contributed by atoms with van der Waals surface area (Å²) in [5.41, 5.74) is 0.173. The van der Waals surface area contributed by atoms with E-state index in [-0.39, 0.29) is 16.4 Å². The Morgan fingerprint density at radius 2 is 1.63 bits per heavy atom. The van der Waals surface area contributed by atoms with Crippen LogP contribution < -0.4 is 5.14 Å². The lowest BCUT2D eigenvalue weighted by Crippen LogP contribution is -2.33. The SMILES string of the molecule is NS(=O)(=O)c1ccccc1C(=O)N1CCCCCC1. The monoisotopic (exact) mass is 282 g/mol. The molecular weight excluding hydrogens is 264 g/mol. The Morgan fingerprint density at radius 1 is 1.05 bits per heavy atom. The van der Waals surface area contributed by atoms with Crippen molar-refractivity contribution >= 4 is 15.9 Å². The first-order valence-electron chi connectivity index (χ1n) is 6.41. The molecule has 0 spiro atoms. The number of primary sulfonamides is 1. The number of nitrogens with zero attached hydrogens (tertiary/aromatic N) is 1. The van der Waals surface area contributed by atoms with Crippen molar-refractivity contribution in [3.05, 3.63) is 29.8 Å². The quantitative estimate of drug-likeness (QED) is 0.889. The third kappa shape index (κ3) is 3.33. The van der Waals surface area contributed by atoms with Crippen molar-refractivity contribution in [2.45, 2.75) is 30.6 Å². The van der Waals surface area contributed by atoms with E-state index < -0.39 is 10.0 Å². The van der Waals surface area contributed by atoms with E-state index >= 15 is 0 Å². The molecule has 1 amide bonds. The Bertz CT molecular complexity index is 561. The first kappa shape index (κ1) is 14.0. The van der Waals surface area contributed by atoms with Crippen LogP contribution in [0.5, 0.6) is 0 Å². The fourth-order valence-electron chi connectivity index (χ4n) is 2.34. The smallest absolute Gasteiger partial charge is 0.255 e. The van der Waals surface area contributed by atoms with Gasteiger partial charge in [0.15, 0.2) is 0 Å². The molecule has 1 saturated heterocycles. The molecule has 0 saturated carbocycles. The van der Waals surface area contributed by atoms with Crippen molar-refractivity contribution < 1.29 is 13.2 Å². The lowest BCUT2D eigenvalue weighted by molar-refractivity contribution is 0.0758. The van der Waals surface area contributed by atoms with Crippen molar-refractivity contribution in [2.24, 2.45) is 5.14 Å². The highest BCUT2D eigenvalue weighted by Gasteiger charge is 2.23. The largest absolute Gasteiger partial charge is 0.339 e. The summed E-state index contributed by atoms with van der Waals surface area (Å²) < 4.78 is 23.0. The summed E-state index contributed by atoms with van der Waals surface area (Å²) in [4.78, 5) is 14.1. The van der Waals surface area contributed by atoms with Gasteiger partial charge in [0.05, 0.1) is 10.5 Å². The van der Waals surface area contributed by atoms with Gasteiger partial charge in [0.2, 0.25) is 10.0 Å². The Balaban J connectivity index is 2.33. The number of hydrogen-bond donors (Lipinski definition) is 1. The fourth-order valence-corrected chi connectivity index (χ4v) is 3.07. The summed E-state index contributed by atoms with van der Waals surface area (Å²) >= 11 is 0. The number of hydrogen-bond acceptors (Lipinski definition) is 3. The van der Waals surface area contributed by atoms with E-state index in [0.717, 1.165) is 25.7 Å². The van der Waals surface area contributed by atoms with E-state index in [1.54, 1.807) is 17.0 Å². The van der Waals surface area contributed by atoms with Crippen LogP contribution >= 0.6 is 0 Å². The number of sulfonamides is 1. The molecule has 2 rings (SSSR count). The Morgan fingerprint density at radius 3 is 2.21 bits per heavy atom. The lowest BCUT2D eigenvalue weighted by atomic mass is 10.2. The average molecular weight is 282 g/mol. The molecule has 0 atom stereocenters. The van der Waals surface area contributed by atoms with Gasteiger partial charge < -0.3 is 4.90 Å². The summed E-state index contributed by atoms with van der Waals surface area (Å²) in [7, 11) is -3.87. The van der Waals surface area contributed by atoms with Crippen LogP contribution in [0.2, 0.25) is 0 Å². The van der Waals surface area contributed by atoms with Crippen LogP contribution in [0.4, 0.5) is 0 Å². The zero-order valence-electron chi connectivity index (χ0n) is 10.7. The van der Waals surface area contributed by atoms with E-state index in [1.165, 1.54) is 12.1 Å². The van der Waals surface area contributed by atoms with E-state index in [9.17, 15) is 13.2 Å². The second-order valence-corrected chi connectivity index (χ2v) is 6.28. The van der Waals surface area contributed by atoms with Gasteiger partial charge in [0, 0.05) is 13.1 Å². The molecule has 0 aliphatic carbocycles. The van der Waals surface area contributed by atoms with Crippen LogP contribution in [0.1, 0.15) is 36.0 Å². The van der Waals surface area contributed by atoms with E-state index in [0.29, 0.717) is 13.1 Å². The number of rotatable bonds is 2. The number of benzene rings is 1. The predicted octanol–water partition coefficient (Wildman–Crippen LogP) is 1.35. The minimum Gasteiger partial charge on any atom is -0.339 e. The summed E-state index contributed by atoms with van der Waals surface area (Å²) in [5.74, 6) is -0.244.